The fraction of sp³-hybridized carbons (Fsp3) is 0.348. The summed E-state index contributed by atoms with van der Waals surface area (Å²) >= 11 is 3.47. The lowest BCUT2D eigenvalue weighted by Gasteiger charge is -2.27. The largest absolute Gasteiger partial charge is 0.339 e. The molecule has 2 aromatic carbocycles. The quantitative estimate of drug-likeness (QED) is 0.686. The number of carbonyl (C=O) groups is 3. The van der Waals surface area contributed by atoms with Crippen LogP contribution in [0.2, 0.25) is 0 Å². The number of anilines is 2. The number of carbonyl (C=O) groups excluding carboxylic acids is 3. The predicted molar refractivity (Wildman–Crippen MR) is 119 cm³/mol. The first-order valence-electron chi connectivity index (χ1n) is 10.3. The van der Waals surface area contributed by atoms with E-state index in [1.54, 1.807) is 29.2 Å². The average Bonchev–Trinajstić information content (AvgIpc) is 3.16. The van der Waals surface area contributed by atoms with E-state index in [0.29, 0.717) is 24.2 Å². The van der Waals surface area contributed by atoms with Crippen molar-refractivity contribution in [2.75, 3.05) is 29.9 Å². The van der Waals surface area contributed by atoms with E-state index in [1.807, 2.05) is 29.2 Å². The molecule has 0 aliphatic carbocycles. The van der Waals surface area contributed by atoms with Gasteiger partial charge in [-0.1, -0.05) is 24.3 Å². The predicted octanol–water partition coefficient (Wildman–Crippen LogP) is 4.07. The minimum absolute atomic E-state index is 0.0711. The van der Waals surface area contributed by atoms with Crippen LogP contribution in [0, 0.1) is 5.92 Å². The highest BCUT2D eigenvalue weighted by atomic mass is 79.9. The Balaban J connectivity index is 1.49. The highest BCUT2D eigenvalue weighted by molar-refractivity contribution is 9.10. The van der Waals surface area contributed by atoms with Crippen molar-refractivity contribution in [3.05, 3.63) is 58.6 Å². The zero-order valence-corrected chi connectivity index (χ0v) is 18.2. The van der Waals surface area contributed by atoms with E-state index in [4.69, 9.17) is 0 Å². The number of nitrogens with zero attached hydrogens (tertiary/aromatic N) is 2. The first-order valence-corrected chi connectivity index (χ1v) is 11.1. The molecule has 1 atom stereocenters. The number of para-hydroxylation sites is 2. The molecule has 0 bridgehead atoms. The molecule has 2 aliphatic heterocycles. The zero-order valence-electron chi connectivity index (χ0n) is 16.6. The lowest BCUT2D eigenvalue weighted by atomic mass is 10.1. The molecule has 2 heterocycles. The monoisotopic (exact) mass is 469 g/mol. The summed E-state index contributed by atoms with van der Waals surface area (Å²) in [5.74, 6) is -1.43. The molecular weight excluding hydrogens is 446 g/mol. The summed E-state index contributed by atoms with van der Waals surface area (Å²) in [6.07, 6.45) is 3.58. The standard InChI is InChI=1S/C23H24BrN3O3/c24-18-9-3-5-11-20(18)27-15-12-17(23(27)30)21(28)25-19-10-4-2-8-16(19)22(29)26-13-6-1-7-14-26/h2-5,8-11,17H,1,6-7,12-15H2,(H,25,28). The van der Waals surface area contributed by atoms with Gasteiger partial charge in [-0.05, 0) is 65.9 Å². The van der Waals surface area contributed by atoms with Gasteiger partial charge in [0.05, 0.1) is 16.9 Å². The average molecular weight is 470 g/mol. The Morgan fingerprint density at radius 2 is 1.63 bits per heavy atom. The molecule has 0 spiro atoms. The Bertz CT molecular complexity index is 972. The van der Waals surface area contributed by atoms with Crippen LogP contribution in [-0.2, 0) is 9.59 Å². The number of amides is 3. The van der Waals surface area contributed by atoms with Crippen LogP contribution in [0.5, 0.6) is 0 Å². The van der Waals surface area contributed by atoms with E-state index in [9.17, 15) is 14.4 Å². The van der Waals surface area contributed by atoms with Crippen molar-refractivity contribution < 1.29 is 14.4 Å². The van der Waals surface area contributed by atoms with Crippen LogP contribution in [0.4, 0.5) is 11.4 Å². The van der Waals surface area contributed by atoms with Crippen LogP contribution in [0.25, 0.3) is 0 Å². The third-order valence-corrected chi connectivity index (χ3v) is 6.39. The molecule has 3 amide bonds. The van der Waals surface area contributed by atoms with E-state index in [0.717, 1.165) is 42.5 Å². The van der Waals surface area contributed by atoms with E-state index in [2.05, 4.69) is 21.2 Å². The Morgan fingerprint density at radius 1 is 0.933 bits per heavy atom. The molecule has 0 radical (unpaired) electrons. The van der Waals surface area contributed by atoms with Crippen LogP contribution in [0.3, 0.4) is 0 Å². The minimum Gasteiger partial charge on any atom is -0.339 e. The molecule has 0 aromatic heterocycles. The maximum Gasteiger partial charge on any atom is 0.255 e. The van der Waals surface area contributed by atoms with Gasteiger partial charge in [-0.2, -0.15) is 0 Å². The number of rotatable bonds is 4. The van der Waals surface area contributed by atoms with Crippen LogP contribution in [0.15, 0.2) is 53.0 Å². The van der Waals surface area contributed by atoms with Gasteiger partial charge in [-0.15, -0.1) is 0 Å². The first-order chi connectivity index (χ1) is 14.6. The summed E-state index contributed by atoms with van der Waals surface area (Å²) in [4.78, 5) is 42.3. The Kier molecular flexibility index (Phi) is 6.18. The summed E-state index contributed by atoms with van der Waals surface area (Å²) in [5, 5.41) is 2.84. The maximum absolute atomic E-state index is 13.0. The number of piperidine rings is 1. The van der Waals surface area contributed by atoms with Crippen molar-refractivity contribution in [2.45, 2.75) is 25.7 Å². The van der Waals surface area contributed by atoms with Gasteiger partial charge in [0, 0.05) is 24.1 Å². The summed E-state index contributed by atoms with van der Waals surface area (Å²) in [5.41, 5.74) is 1.70. The van der Waals surface area contributed by atoms with Crippen molar-refractivity contribution in [1.82, 2.24) is 4.90 Å². The lowest BCUT2D eigenvalue weighted by Crippen LogP contribution is -2.37. The van der Waals surface area contributed by atoms with Crippen LogP contribution >= 0.6 is 15.9 Å². The molecule has 2 fully saturated rings. The van der Waals surface area contributed by atoms with E-state index >= 15 is 0 Å². The number of nitrogens with one attached hydrogen (secondary N) is 1. The molecule has 4 rings (SSSR count). The van der Waals surface area contributed by atoms with Crippen molar-refractivity contribution in [1.29, 1.82) is 0 Å². The van der Waals surface area contributed by atoms with E-state index in [-0.39, 0.29) is 17.7 Å². The second-order valence-electron chi connectivity index (χ2n) is 7.67. The van der Waals surface area contributed by atoms with Gasteiger partial charge in [0.1, 0.15) is 5.92 Å². The van der Waals surface area contributed by atoms with Gasteiger partial charge < -0.3 is 15.1 Å². The van der Waals surface area contributed by atoms with Gasteiger partial charge in [0.25, 0.3) is 5.91 Å². The molecule has 1 unspecified atom stereocenters. The highest BCUT2D eigenvalue weighted by Crippen LogP contribution is 2.32. The van der Waals surface area contributed by atoms with Gasteiger partial charge in [0.2, 0.25) is 11.8 Å². The highest BCUT2D eigenvalue weighted by Gasteiger charge is 2.38. The molecule has 156 valence electrons. The van der Waals surface area contributed by atoms with Crippen LogP contribution in [0.1, 0.15) is 36.0 Å². The summed E-state index contributed by atoms with van der Waals surface area (Å²) in [6, 6.07) is 14.5. The molecular formula is C23H24BrN3O3. The van der Waals surface area contributed by atoms with Gasteiger partial charge in [-0.25, -0.2) is 0 Å². The fourth-order valence-electron chi connectivity index (χ4n) is 4.10. The Labute approximate surface area is 184 Å². The van der Waals surface area contributed by atoms with Gasteiger partial charge in [-0.3, -0.25) is 14.4 Å². The Morgan fingerprint density at radius 3 is 2.40 bits per heavy atom. The molecule has 1 N–H and O–H groups in total. The maximum atomic E-state index is 13.0. The van der Waals surface area contributed by atoms with Crippen molar-refractivity contribution in [3.63, 3.8) is 0 Å². The van der Waals surface area contributed by atoms with Gasteiger partial charge >= 0.3 is 0 Å². The molecule has 2 aromatic rings. The summed E-state index contributed by atoms with van der Waals surface area (Å²) < 4.78 is 0.817. The normalized spacial score (nSPS) is 19.1. The second-order valence-corrected chi connectivity index (χ2v) is 8.52. The van der Waals surface area contributed by atoms with Gasteiger partial charge in [0.15, 0.2) is 0 Å². The number of likely N-dealkylation sites (tertiary alicyclic amines) is 1. The third-order valence-electron chi connectivity index (χ3n) is 5.72. The van der Waals surface area contributed by atoms with Crippen molar-refractivity contribution in [2.24, 2.45) is 5.92 Å². The summed E-state index contributed by atoms with van der Waals surface area (Å²) in [6.45, 7) is 1.96. The fourth-order valence-corrected chi connectivity index (χ4v) is 4.60. The smallest absolute Gasteiger partial charge is 0.255 e. The molecule has 2 aliphatic rings. The van der Waals surface area contributed by atoms with Crippen LogP contribution < -0.4 is 10.2 Å². The lowest BCUT2D eigenvalue weighted by molar-refractivity contribution is -0.129. The summed E-state index contributed by atoms with van der Waals surface area (Å²) in [7, 11) is 0. The van der Waals surface area contributed by atoms with Crippen LogP contribution in [-0.4, -0.2) is 42.3 Å². The SMILES string of the molecule is O=C(Nc1ccccc1C(=O)N1CCCCC1)C1CCN(c2ccccc2Br)C1=O. The molecule has 7 heteroatoms. The first kappa shape index (κ1) is 20.6. The molecule has 30 heavy (non-hydrogen) atoms. The molecule has 6 nitrogen and oxygen atoms in total. The third kappa shape index (κ3) is 4.12. The van der Waals surface area contributed by atoms with Crippen molar-refractivity contribution >= 4 is 45.0 Å². The number of hydrogen-bond acceptors (Lipinski definition) is 3. The van der Waals surface area contributed by atoms with Crippen molar-refractivity contribution in [3.8, 4) is 0 Å². The minimum atomic E-state index is -0.768. The number of hydrogen-bond donors (Lipinski definition) is 1. The topological polar surface area (TPSA) is 69.7 Å². The zero-order chi connectivity index (χ0) is 21.1. The number of benzene rings is 2. The van der Waals surface area contributed by atoms with E-state index < -0.39 is 5.92 Å². The Hall–Kier alpha value is -2.67. The number of halogens is 1. The molecule has 0 saturated carbocycles. The van der Waals surface area contributed by atoms with E-state index in [1.165, 1.54) is 0 Å². The second kappa shape index (κ2) is 9.00. The molecule has 2 saturated heterocycles.